The van der Waals surface area contributed by atoms with Gasteiger partial charge in [0.05, 0.1) is 5.69 Å². The van der Waals surface area contributed by atoms with E-state index in [-0.39, 0.29) is 17.6 Å². The zero-order chi connectivity index (χ0) is 13.1. The molecule has 0 heterocycles. The van der Waals surface area contributed by atoms with Crippen LogP contribution in [-0.4, -0.2) is 5.91 Å². The molecule has 3 saturated carbocycles. The van der Waals surface area contributed by atoms with E-state index in [0.29, 0.717) is 11.8 Å². The summed E-state index contributed by atoms with van der Waals surface area (Å²) < 4.78 is 13.8. The van der Waals surface area contributed by atoms with E-state index < -0.39 is 0 Å². The lowest BCUT2D eigenvalue weighted by atomic mass is 10.0. The Labute approximate surface area is 125 Å². The Bertz CT molecular complexity index is 545. The van der Waals surface area contributed by atoms with Crippen LogP contribution in [0, 0.1) is 39.0 Å². The van der Waals surface area contributed by atoms with Gasteiger partial charge in [-0.25, -0.2) is 4.39 Å². The number of benzene rings is 1. The summed E-state index contributed by atoms with van der Waals surface area (Å²) in [6.07, 6.45) is 4.00. The van der Waals surface area contributed by atoms with Gasteiger partial charge in [0.2, 0.25) is 5.91 Å². The van der Waals surface area contributed by atoms with Crippen molar-refractivity contribution in [1.82, 2.24) is 0 Å². The lowest BCUT2D eigenvalue weighted by Crippen LogP contribution is -2.19. The van der Waals surface area contributed by atoms with E-state index in [4.69, 9.17) is 0 Å². The van der Waals surface area contributed by atoms with E-state index in [1.807, 2.05) is 0 Å². The van der Waals surface area contributed by atoms with Crippen LogP contribution in [0.4, 0.5) is 10.1 Å². The second-order valence-corrected chi connectivity index (χ2v) is 7.29. The number of anilines is 1. The second-order valence-electron chi connectivity index (χ2n) is 6.13. The smallest absolute Gasteiger partial charge is 0.228 e. The van der Waals surface area contributed by atoms with Crippen molar-refractivity contribution in [3.63, 3.8) is 0 Å². The quantitative estimate of drug-likeness (QED) is 0.790. The van der Waals surface area contributed by atoms with Crippen molar-refractivity contribution in [2.24, 2.45) is 29.6 Å². The van der Waals surface area contributed by atoms with E-state index in [2.05, 4.69) is 27.9 Å². The fraction of sp³-hybridized carbons (Fsp3) is 0.533. The average Bonchev–Trinajstić information content (AvgIpc) is 2.82. The Morgan fingerprint density at radius 1 is 1.26 bits per heavy atom. The molecular weight excluding hydrogens is 356 g/mol. The molecule has 1 amide bonds. The van der Waals surface area contributed by atoms with Crippen LogP contribution in [0.25, 0.3) is 0 Å². The van der Waals surface area contributed by atoms with Crippen LogP contribution in [0.2, 0.25) is 0 Å². The van der Waals surface area contributed by atoms with E-state index in [9.17, 15) is 9.18 Å². The fourth-order valence-electron chi connectivity index (χ4n) is 4.48. The summed E-state index contributed by atoms with van der Waals surface area (Å²) in [7, 11) is 0. The summed E-state index contributed by atoms with van der Waals surface area (Å²) in [5.41, 5.74) is 0.740. The van der Waals surface area contributed by atoms with Crippen molar-refractivity contribution < 1.29 is 9.18 Å². The molecule has 2 bridgehead atoms. The summed E-state index contributed by atoms with van der Waals surface area (Å²) in [6, 6.07) is 4.50. The molecule has 0 spiro atoms. The van der Waals surface area contributed by atoms with Crippen molar-refractivity contribution in [3.8, 4) is 0 Å². The van der Waals surface area contributed by atoms with Crippen LogP contribution >= 0.6 is 22.6 Å². The molecule has 0 radical (unpaired) electrons. The number of carbonyl (C=O) groups is 1. The predicted octanol–water partition coefficient (Wildman–Crippen LogP) is 3.66. The SMILES string of the molecule is O=C(Nc1ccc(F)cc1I)C1C2C3CCC(C3)C12. The normalized spacial score (nSPS) is 38.1. The first-order valence-corrected chi connectivity index (χ1v) is 7.99. The molecule has 100 valence electrons. The first-order valence-electron chi connectivity index (χ1n) is 6.91. The largest absolute Gasteiger partial charge is 0.325 e. The molecule has 3 fully saturated rings. The molecule has 3 aliphatic carbocycles. The Morgan fingerprint density at radius 3 is 2.58 bits per heavy atom. The zero-order valence-corrected chi connectivity index (χ0v) is 12.6. The Kier molecular flexibility index (Phi) is 2.66. The lowest BCUT2D eigenvalue weighted by Gasteiger charge is -2.10. The maximum Gasteiger partial charge on any atom is 0.228 e. The number of rotatable bonds is 2. The van der Waals surface area contributed by atoms with Gasteiger partial charge in [0.15, 0.2) is 0 Å². The third kappa shape index (κ3) is 1.82. The highest BCUT2D eigenvalue weighted by Crippen LogP contribution is 2.69. The number of hydrogen-bond donors (Lipinski definition) is 1. The van der Waals surface area contributed by atoms with Crippen LogP contribution in [0.15, 0.2) is 18.2 Å². The minimum absolute atomic E-state index is 0.149. The molecule has 0 aromatic heterocycles. The minimum atomic E-state index is -0.260. The van der Waals surface area contributed by atoms with Gasteiger partial charge in [-0.3, -0.25) is 4.79 Å². The van der Waals surface area contributed by atoms with E-state index >= 15 is 0 Å². The number of fused-ring (bicyclic) bond motifs is 5. The summed E-state index contributed by atoms with van der Waals surface area (Å²) in [6.45, 7) is 0. The fourth-order valence-corrected chi connectivity index (χ4v) is 5.09. The summed E-state index contributed by atoms with van der Waals surface area (Å²) in [5.74, 6) is 3.02. The molecule has 4 rings (SSSR count). The standard InChI is InChI=1S/C15H15FINO/c16-9-3-4-11(10(17)6-9)18-15(19)14-12-7-1-2-8(5-7)13(12)14/h3-4,6-8,12-14H,1-2,5H2,(H,18,19). The average molecular weight is 371 g/mol. The van der Waals surface area contributed by atoms with Gasteiger partial charge in [0, 0.05) is 9.49 Å². The third-order valence-electron chi connectivity index (χ3n) is 5.23. The van der Waals surface area contributed by atoms with Crippen LogP contribution in [-0.2, 0) is 4.79 Å². The van der Waals surface area contributed by atoms with Gasteiger partial charge >= 0.3 is 0 Å². The predicted molar refractivity (Wildman–Crippen MR) is 79.0 cm³/mol. The van der Waals surface area contributed by atoms with Crippen molar-refractivity contribution >= 4 is 34.2 Å². The van der Waals surface area contributed by atoms with Crippen molar-refractivity contribution in [3.05, 3.63) is 27.6 Å². The van der Waals surface area contributed by atoms with Gasteiger partial charge in [-0.15, -0.1) is 0 Å². The van der Waals surface area contributed by atoms with Crippen molar-refractivity contribution in [2.75, 3.05) is 5.32 Å². The molecule has 1 N–H and O–H groups in total. The van der Waals surface area contributed by atoms with Gasteiger partial charge in [-0.2, -0.15) is 0 Å². The second kappa shape index (κ2) is 4.17. The van der Waals surface area contributed by atoms with Crippen LogP contribution in [0.3, 0.4) is 0 Å². The molecular formula is C15H15FINO. The highest BCUT2D eigenvalue weighted by Gasteiger charge is 2.67. The topological polar surface area (TPSA) is 29.1 Å². The maximum atomic E-state index is 13.0. The number of carbonyl (C=O) groups excluding carboxylic acids is 1. The van der Waals surface area contributed by atoms with E-state index in [0.717, 1.165) is 21.1 Å². The summed E-state index contributed by atoms with van der Waals surface area (Å²) in [5, 5.41) is 2.98. The molecule has 4 unspecified atom stereocenters. The first kappa shape index (κ1) is 12.1. The van der Waals surface area contributed by atoms with Crippen LogP contribution in [0.5, 0.6) is 0 Å². The Balaban J connectivity index is 1.48. The van der Waals surface area contributed by atoms with Gasteiger partial charge in [0.25, 0.3) is 0 Å². The Hall–Kier alpha value is -0.650. The number of halogens is 2. The molecule has 0 saturated heterocycles. The van der Waals surface area contributed by atoms with Crippen molar-refractivity contribution in [2.45, 2.75) is 19.3 Å². The molecule has 1 aromatic carbocycles. The minimum Gasteiger partial charge on any atom is -0.325 e. The molecule has 19 heavy (non-hydrogen) atoms. The monoisotopic (exact) mass is 371 g/mol. The highest BCUT2D eigenvalue weighted by molar-refractivity contribution is 14.1. The van der Waals surface area contributed by atoms with Gasteiger partial charge in [-0.1, -0.05) is 0 Å². The molecule has 1 aromatic rings. The number of hydrogen-bond acceptors (Lipinski definition) is 1. The molecule has 2 nitrogen and oxygen atoms in total. The summed E-state index contributed by atoms with van der Waals surface area (Å²) >= 11 is 2.06. The lowest BCUT2D eigenvalue weighted by molar-refractivity contribution is -0.118. The molecule has 3 aliphatic rings. The van der Waals surface area contributed by atoms with Crippen molar-refractivity contribution in [1.29, 1.82) is 0 Å². The maximum absolute atomic E-state index is 13.0. The highest BCUT2D eigenvalue weighted by atomic mass is 127. The first-order chi connectivity index (χ1) is 9.15. The third-order valence-corrected chi connectivity index (χ3v) is 6.12. The molecule has 0 aliphatic heterocycles. The molecule has 4 atom stereocenters. The number of amides is 1. The van der Waals surface area contributed by atoms with Gasteiger partial charge < -0.3 is 5.32 Å². The van der Waals surface area contributed by atoms with Crippen LogP contribution < -0.4 is 5.32 Å². The molecule has 4 heteroatoms. The van der Waals surface area contributed by atoms with Gasteiger partial charge in [0.1, 0.15) is 5.82 Å². The van der Waals surface area contributed by atoms with Gasteiger partial charge in [-0.05, 0) is 83.7 Å². The van der Waals surface area contributed by atoms with E-state index in [1.54, 1.807) is 6.07 Å². The Morgan fingerprint density at radius 2 is 1.95 bits per heavy atom. The summed E-state index contributed by atoms with van der Waals surface area (Å²) in [4.78, 5) is 12.3. The van der Waals surface area contributed by atoms with Crippen LogP contribution in [0.1, 0.15) is 19.3 Å². The van der Waals surface area contributed by atoms with E-state index in [1.165, 1.54) is 31.4 Å². The zero-order valence-electron chi connectivity index (χ0n) is 10.4. The number of nitrogens with one attached hydrogen (secondary N) is 1.